The predicted molar refractivity (Wildman–Crippen MR) is 210 cm³/mol. The fourth-order valence-corrected chi connectivity index (χ4v) is 8.26. The van der Waals surface area contributed by atoms with Crippen molar-refractivity contribution in [3.8, 4) is 21.1 Å². The second kappa shape index (κ2) is 18.7. The summed E-state index contributed by atoms with van der Waals surface area (Å²) in [5.74, 6) is -2.46. The van der Waals surface area contributed by atoms with Crippen LogP contribution in [0.1, 0.15) is 47.5 Å². The number of benzene rings is 2. The van der Waals surface area contributed by atoms with E-state index in [9.17, 15) is 19.8 Å². The average molecular weight is 777 g/mol. The van der Waals surface area contributed by atoms with E-state index in [4.69, 9.17) is 9.47 Å². The van der Waals surface area contributed by atoms with Gasteiger partial charge in [0.15, 0.2) is 0 Å². The van der Waals surface area contributed by atoms with Gasteiger partial charge in [0.25, 0.3) is 0 Å². The number of rotatable bonds is 14. The summed E-state index contributed by atoms with van der Waals surface area (Å²) in [6, 6.07) is 30.4. The van der Waals surface area contributed by atoms with Crippen LogP contribution in [0, 0.1) is 27.7 Å². The van der Waals surface area contributed by atoms with Crippen molar-refractivity contribution < 1.29 is 29.3 Å². The summed E-state index contributed by atoms with van der Waals surface area (Å²) in [7, 11) is 0. The van der Waals surface area contributed by atoms with Gasteiger partial charge in [-0.15, -0.1) is 22.7 Å². The fraction of sp³-hybridized carbons (Fsp3) is 0.286. The van der Waals surface area contributed by atoms with Crippen molar-refractivity contribution in [3.63, 3.8) is 0 Å². The molecule has 6 rings (SSSR count). The maximum Gasteiger partial charge on any atom is 2.00 e. The molecule has 8 nitrogen and oxygen atoms in total. The van der Waals surface area contributed by atoms with Gasteiger partial charge < -0.3 is 38.4 Å². The number of aliphatic carboxylic acids is 2. The smallest absolute Gasteiger partial charge is 0.547 e. The first-order chi connectivity index (χ1) is 25.0. The predicted octanol–water partition coefficient (Wildman–Crippen LogP) is 6.65. The molecule has 0 bridgehead atoms. The van der Waals surface area contributed by atoms with Gasteiger partial charge in [-0.25, -0.2) is 0 Å². The van der Waals surface area contributed by atoms with Crippen molar-refractivity contribution in [1.82, 2.24) is 9.13 Å². The summed E-state index contributed by atoms with van der Waals surface area (Å²) in [5.41, 5.74) is 4.40. The maximum absolute atomic E-state index is 12.3. The molecular weight excluding hydrogens is 733 g/mol. The molecule has 0 spiro atoms. The molecule has 0 saturated heterocycles. The van der Waals surface area contributed by atoms with Crippen molar-refractivity contribution in [1.29, 1.82) is 0 Å². The summed E-state index contributed by atoms with van der Waals surface area (Å²) in [6.45, 7) is 12.5. The van der Waals surface area contributed by atoms with E-state index in [1.807, 2.05) is 83.6 Å². The zero-order valence-electron chi connectivity index (χ0n) is 31.1. The summed E-state index contributed by atoms with van der Waals surface area (Å²) in [6.07, 6.45) is 0. The number of hydrogen-bond acceptors (Lipinski definition) is 8. The van der Waals surface area contributed by atoms with E-state index in [-0.39, 0.29) is 64.0 Å². The van der Waals surface area contributed by atoms with E-state index in [1.165, 1.54) is 11.1 Å². The third-order valence-corrected chi connectivity index (χ3v) is 11.2. The molecule has 0 fully saturated rings. The van der Waals surface area contributed by atoms with Crippen LogP contribution in [0.25, 0.3) is 21.1 Å². The van der Waals surface area contributed by atoms with E-state index < -0.39 is 23.1 Å². The van der Waals surface area contributed by atoms with Crippen LogP contribution < -0.4 is 10.2 Å². The number of nitrogens with zero attached hydrogens (tertiary/aromatic N) is 2. The Hall–Kier alpha value is -3.48. The minimum absolute atomic E-state index is 0. The normalized spacial score (nSPS) is 13.2. The molecular formula is C42H44CaN2O6S2. The molecule has 4 heterocycles. The number of aryl methyl sites for hydroxylation is 4. The van der Waals surface area contributed by atoms with Gasteiger partial charge >= 0.3 is 37.7 Å². The van der Waals surface area contributed by atoms with Crippen LogP contribution in [-0.2, 0) is 43.4 Å². The Morgan fingerprint density at radius 3 is 1.25 bits per heavy atom. The summed E-state index contributed by atoms with van der Waals surface area (Å²) in [4.78, 5) is 26.7. The van der Waals surface area contributed by atoms with Crippen LogP contribution in [0.4, 0.5) is 0 Å². The minimum Gasteiger partial charge on any atom is -0.547 e. The first kappa shape index (κ1) is 42.3. The molecule has 0 aliphatic rings. The van der Waals surface area contributed by atoms with Gasteiger partial charge in [0.2, 0.25) is 0 Å². The largest absolute Gasteiger partial charge is 2.00 e. The van der Waals surface area contributed by atoms with Crippen molar-refractivity contribution in [3.05, 3.63) is 141 Å². The number of ether oxygens (including phenoxy) is 2. The quantitative estimate of drug-likeness (QED) is 0.115. The molecule has 0 amide bonds. The molecule has 0 radical (unpaired) electrons. The van der Waals surface area contributed by atoms with E-state index >= 15 is 0 Å². The van der Waals surface area contributed by atoms with Crippen LogP contribution in [-0.4, -0.2) is 72.0 Å². The van der Waals surface area contributed by atoms with Crippen molar-refractivity contribution >= 4 is 72.4 Å². The first-order valence-corrected chi connectivity index (χ1v) is 19.0. The summed E-state index contributed by atoms with van der Waals surface area (Å²) < 4.78 is 15.7. The molecule has 11 heteroatoms. The van der Waals surface area contributed by atoms with Crippen LogP contribution >= 0.6 is 22.7 Å². The molecule has 0 saturated carbocycles. The number of hydrogen-bond donors (Lipinski definition) is 0. The van der Waals surface area contributed by atoms with Gasteiger partial charge in [0.05, 0.1) is 46.2 Å². The van der Waals surface area contributed by atoms with Gasteiger partial charge in [-0.1, -0.05) is 60.7 Å². The zero-order chi connectivity index (χ0) is 37.5. The summed E-state index contributed by atoms with van der Waals surface area (Å²) >= 11 is 3.30. The van der Waals surface area contributed by atoms with E-state index in [2.05, 4.69) is 36.7 Å². The van der Waals surface area contributed by atoms with Crippen molar-refractivity contribution in [2.75, 3.05) is 13.2 Å². The number of aromatic nitrogens is 2. The number of carboxylic acid groups (broad SMARTS) is 2. The monoisotopic (exact) mass is 776 g/mol. The SMILES string of the molecule is CCOC(Cn1c(C)ccc1-c1cc(C)cs1)(C(=O)[O-])c1ccccc1.CCOC(Cn1c(C)ccc1-c1cc(C)cs1)(C(=O)[O-])c1ccccc1.[Ca+2]. The number of carboxylic acids is 2. The number of thiophene rings is 2. The molecule has 2 unspecified atom stereocenters. The summed E-state index contributed by atoms with van der Waals surface area (Å²) in [5, 5.41) is 28.7. The molecule has 272 valence electrons. The average Bonchev–Trinajstić information content (AvgIpc) is 3.93. The van der Waals surface area contributed by atoms with E-state index in [0.717, 1.165) is 32.5 Å². The minimum atomic E-state index is -1.54. The Bertz CT molecular complexity index is 1950. The molecule has 0 aliphatic heterocycles. The van der Waals surface area contributed by atoms with Gasteiger partial charge in [0.1, 0.15) is 11.2 Å². The number of carbonyl (C=O) groups is 2. The molecule has 2 aromatic carbocycles. The Morgan fingerprint density at radius 2 is 0.962 bits per heavy atom. The molecule has 0 N–H and O–H groups in total. The Kier molecular flexibility index (Phi) is 14.9. The molecule has 53 heavy (non-hydrogen) atoms. The second-order valence-corrected chi connectivity index (χ2v) is 14.5. The van der Waals surface area contributed by atoms with Gasteiger partial charge in [-0.2, -0.15) is 0 Å². The Balaban J connectivity index is 0.000000232. The topological polar surface area (TPSA) is 109 Å². The van der Waals surface area contributed by atoms with Crippen LogP contribution in [0.15, 0.2) is 108 Å². The van der Waals surface area contributed by atoms with Crippen molar-refractivity contribution in [2.24, 2.45) is 0 Å². The zero-order valence-corrected chi connectivity index (χ0v) is 34.9. The molecule has 2 atom stereocenters. The van der Waals surface area contributed by atoms with Crippen LogP contribution in [0.5, 0.6) is 0 Å². The Labute approximate surface area is 349 Å². The first-order valence-electron chi connectivity index (χ1n) is 17.2. The third kappa shape index (κ3) is 9.25. The Morgan fingerprint density at radius 1 is 0.604 bits per heavy atom. The second-order valence-electron chi connectivity index (χ2n) is 12.7. The molecule has 4 aromatic heterocycles. The maximum atomic E-state index is 12.3. The molecule has 6 aromatic rings. The number of carbonyl (C=O) groups excluding carboxylic acids is 2. The van der Waals surface area contributed by atoms with Gasteiger partial charge in [-0.3, -0.25) is 0 Å². The molecule has 0 aliphatic carbocycles. The van der Waals surface area contributed by atoms with Gasteiger partial charge in [-0.05, 0) is 111 Å². The standard InChI is InChI=1S/2C21H23NO3S.Ca/c2*1-4-25-21(20(23)24,17-8-6-5-7-9-17)14-22-16(3)10-11-18(22)19-12-15(2)13-26-19;/h2*5-13H,4,14H2,1-3H3,(H,23,24);/q;;+2/p-2. The van der Waals surface area contributed by atoms with E-state index in [0.29, 0.717) is 11.1 Å². The van der Waals surface area contributed by atoms with E-state index in [1.54, 1.807) is 60.8 Å². The van der Waals surface area contributed by atoms with Crippen LogP contribution in [0.3, 0.4) is 0 Å². The fourth-order valence-electron chi connectivity index (χ4n) is 6.40. The van der Waals surface area contributed by atoms with Crippen LogP contribution in [0.2, 0.25) is 0 Å². The van der Waals surface area contributed by atoms with Crippen molar-refractivity contribution in [2.45, 2.75) is 65.8 Å². The van der Waals surface area contributed by atoms with Gasteiger partial charge in [0, 0.05) is 24.6 Å². The third-order valence-electron chi connectivity index (χ3n) is 9.05.